The van der Waals surface area contributed by atoms with Gasteiger partial charge in [-0.2, -0.15) is 0 Å². The van der Waals surface area contributed by atoms with Gasteiger partial charge in [0.25, 0.3) is 5.91 Å². The molecule has 1 unspecified atom stereocenters. The Morgan fingerprint density at radius 1 is 1.19 bits per heavy atom. The lowest BCUT2D eigenvalue weighted by atomic mass is 10.2. The molecule has 0 saturated heterocycles. The molecule has 2 rings (SSSR count). The lowest BCUT2D eigenvalue weighted by Gasteiger charge is -2.12. The maximum absolute atomic E-state index is 12.1. The zero-order chi connectivity index (χ0) is 20.0. The van der Waals surface area contributed by atoms with E-state index >= 15 is 0 Å². The molecule has 0 spiro atoms. The van der Waals surface area contributed by atoms with Crippen molar-refractivity contribution in [2.45, 2.75) is 13.0 Å². The average Bonchev–Trinajstić information content (AvgIpc) is 2.63. The third-order valence-electron chi connectivity index (χ3n) is 3.45. The Balaban J connectivity index is 1.90. The highest BCUT2D eigenvalue weighted by Crippen LogP contribution is 2.23. The van der Waals surface area contributed by atoms with Crippen LogP contribution in [0.5, 0.6) is 0 Å². The summed E-state index contributed by atoms with van der Waals surface area (Å²) in [6.07, 6.45) is 1.74. The Labute approximate surface area is 169 Å². The van der Waals surface area contributed by atoms with Crippen LogP contribution in [0.1, 0.15) is 22.8 Å². The zero-order valence-electron chi connectivity index (χ0n) is 14.2. The molecule has 2 aromatic carbocycles. The fraction of sp³-hybridized carbons (Fsp3) is 0.105. The fourth-order valence-electron chi connectivity index (χ4n) is 2.01. The number of hydrogen-bond donors (Lipinski definition) is 2. The topological polar surface area (TPSA) is 98.5 Å². The predicted octanol–water partition coefficient (Wildman–Crippen LogP) is 3.79. The number of carbonyl (C=O) groups is 3. The van der Waals surface area contributed by atoms with Gasteiger partial charge in [0.2, 0.25) is 5.91 Å². The van der Waals surface area contributed by atoms with Crippen LogP contribution in [0, 0.1) is 0 Å². The number of hydrogen-bond acceptors (Lipinski definition) is 4. The summed E-state index contributed by atoms with van der Waals surface area (Å²) in [5.74, 6) is -1.73. The van der Waals surface area contributed by atoms with E-state index in [2.05, 4.69) is 21.2 Å². The van der Waals surface area contributed by atoms with E-state index in [0.717, 1.165) is 4.47 Å². The molecule has 0 aliphatic rings. The number of esters is 1. The van der Waals surface area contributed by atoms with Crippen LogP contribution in [0.25, 0.3) is 6.08 Å². The molecule has 0 aliphatic carbocycles. The number of ether oxygens (including phenoxy) is 1. The number of amides is 2. The van der Waals surface area contributed by atoms with Crippen LogP contribution in [-0.2, 0) is 14.3 Å². The zero-order valence-corrected chi connectivity index (χ0v) is 16.6. The van der Waals surface area contributed by atoms with Gasteiger partial charge in [-0.05, 0) is 70.9 Å². The number of carbonyl (C=O) groups excluding carboxylic acids is 3. The van der Waals surface area contributed by atoms with Crippen LogP contribution < -0.4 is 11.1 Å². The van der Waals surface area contributed by atoms with Crippen LogP contribution in [0.2, 0.25) is 5.02 Å². The van der Waals surface area contributed by atoms with Crippen molar-refractivity contribution in [3.8, 4) is 0 Å². The Morgan fingerprint density at radius 3 is 2.44 bits per heavy atom. The number of anilines is 1. The predicted molar refractivity (Wildman–Crippen MR) is 107 cm³/mol. The van der Waals surface area contributed by atoms with Gasteiger partial charge in [0.05, 0.1) is 5.02 Å². The smallest absolute Gasteiger partial charge is 0.331 e. The molecule has 1 atom stereocenters. The minimum atomic E-state index is -1.01. The minimum absolute atomic E-state index is 0.325. The number of rotatable bonds is 6. The quantitative estimate of drug-likeness (QED) is 0.516. The Hall–Kier alpha value is -2.64. The highest BCUT2D eigenvalue weighted by Gasteiger charge is 2.16. The highest BCUT2D eigenvalue weighted by atomic mass is 79.9. The Kier molecular flexibility index (Phi) is 7.15. The van der Waals surface area contributed by atoms with E-state index in [0.29, 0.717) is 21.8 Å². The number of nitrogens with one attached hydrogen (secondary N) is 1. The van der Waals surface area contributed by atoms with Gasteiger partial charge in [0.1, 0.15) is 0 Å². The molecular weight excluding hydrogens is 436 g/mol. The molecule has 0 heterocycles. The summed E-state index contributed by atoms with van der Waals surface area (Å²) in [6, 6.07) is 11.2. The first-order valence-corrected chi connectivity index (χ1v) is 8.98. The van der Waals surface area contributed by atoms with Crippen LogP contribution in [0.4, 0.5) is 5.69 Å². The molecule has 6 nitrogen and oxygen atoms in total. The second-order valence-corrected chi connectivity index (χ2v) is 6.78. The lowest BCUT2D eigenvalue weighted by molar-refractivity contribution is -0.148. The van der Waals surface area contributed by atoms with Gasteiger partial charge in [-0.1, -0.05) is 17.7 Å². The largest absolute Gasteiger partial charge is 0.449 e. The fourth-order valence-corrected chi connectivity index (χ4v) is 2.44. The molecule has 2 aromatic rings. The maximum Gasteiger partial charge on any atom is 0.331 e. The van der Waals surface area contributed by atoms with E-state index in [1.54, 1.807) is 18.2 Å². The van der Waals surface area contributed by atoms with Crippen molar-refractivity contribution < 1.29 is 19.1 Å². The van der Waals surface area contributed by atoms with Crippen molar-refractivity contribution in [3.05, 3.63) is 69.2 Å². The third-order valence-corrected chi connectivity index (χ3v) is 4.69. The molecule has 0 fully saturated rings. The van der Waals surface area contributed by atoms with Crippen LogP contribution in [-0.4, -0.2) is 23.9 Å². The van der Waals surface area contributed by atoms with E-state index in [4.69, 9.17) is 22.1 Å². The summed E-state index contributed by atoms with van der Waals surface area (Å²) in [6.45, 7) is 1.45. The van der Waals surface area contributed by atoms with Crippen molar-refractivity contribution in [2.24, 2.45) is 5.73 Å². The van der Waals surface area contributed by atoms with Gasteiger partial charge in [-0.3, -0.25) is 9.59 Å². The summed E-state index contributed by atoms with van der Waals surface area (Å²) < 4.78 is 5.82. The Bertz CT molecular complexity index is 897. The Morgan fingerprint density at radius 2 is 1.85 bits per heavy atom. The van der Waals surface area contributed by atoms with Gasteiger partial charge >= 0.3 is 5.97 Å². The van der Waals surface area contributed by atoms with E-state index in [-0.39, 0.29) is 0 Å². The monoisotopic (exact) mass is 450 g/mol. The summed E-state index contributed by atoms with van der Waals surface area (Å²) in [7, 11) is 0. The molecule has 0 aromatic heterocycles. The molecular formula is C19H16BrClN2O4. The summed E-state index contributed by atoms with van der Waals surface area (Å²) in [5, 5.41) is 3.10. The summed E-state index contributed by atoms with van der Waals surface area (Å²) in [5.41, 5.74) is 6.65. The van der Waals surface area contributed by atoms with Gasteiger partial charge in [0, 0.05) is 21.8 Å². The van der Waals surface area contributed by atoms with E-state index in [1.165, 1.54) is 43.3 Å². The highest BCUT2D eigenvalue weighted by molar-refractivity contribution is 9.10. The standard InChI is InChI=1S/C19H16BrClN2O4/c1-11(19(26)23-14-6-4-13(5-7-14)18(22)25)27-17(24)9-3-12-2-8-15(20)16(21)10-12/h2-11H,1H3,(H2,22,25)(H,23,26)/b9-3+. The molecule has 2 amide bonds. The van der Waals surface area contributed by atoms with Crippen molar-refractivity contribution in [3.63, 3.8) is 0 Å². The first-order valence-electron chi connectivity index (χ1n) is 7.80. The van der Waals surface area contributed by atoms with E-state index < -0.39 is 23.9 Å². The second-order valence-electron chi connectivity index (χ2n) is 5.52. The average molecular weight is 452 g/mol. The molecule has 0 saturated carbocycles. The number of nitrogens with two attached hydrogens (primary N) is 1. The first-order chi connectivity index (χ1) is 12.8. The van der Waals surface area contributed by atoms with Crippen molar-refractivity contribution >= 4 is 57.1 Å². The lowest BCUT2D eigenvalue weighted by Crippen LogP contribution is -2.29. The minimum Gasteiger partial charge on any atom is -0.449 e. The molecule has 0 bridgehead atoms. The normalized spacial score (nSPS) is 11.8. The molecule has 8 heteroatoms. The SMILES string of the molecule is CC(OC(=O)/C=C/c1ccc(Br)c(Cl)c1)C(=O)Nc1ccc(C(N)=O)cc1. The van der Waals surface area contributed by atoms with Gasteiger partial charge in [0.15, 0.2) is 6.10 Å². The van der Waals surface area contributed by atoms with Crippen molar-refractivity contribution in [2.75, 3.05) is 5.32 Å². The van der Waals surface area contributed by atoms with Gasteiger partial charge in [-0.15, -0.1) is 0 Å². The maximum atomic E-state index is 12.1. The van der Waals surface area contributed by atoms with Crippen LogP contribution in [0.3, 0.4) is 0 Å². The molecule has 0 radical (unpaired) electrons. The summed E-state index contributed by atoms with van der Waals surface area (Å²) in [4.78, 5) is 35.0. The second kappa shape index (κ2) is 9.34. The molecule has 27 heavy (non-hydrogen) atoms. The first kappa shape index (κ1) is 20.7. The number of primary amides is 1. The van der Waals surface area contributed by atoms with E-state index in [1.807, 2.05) is 0 Å². The van der Waals surface area contributed by atoms with Crippen molar-refractivity contribution in [1.82, 2.24) is 0 Å². The van der Waals surface area contributed by atoms with Crippen LogP contribution in [0.15, 0.2) is 53.0 Å². The summed E-state index contributed by atoms with van der Waals surface area (Å²) >= 11 is 9.26. The van der Waals surface area contributed by atoms with Crippen LogP contribution >= 0.6 is 27.5 Å². The molecule has 3 N–H and O–H groups in total. The number of halogens is 2. The van der Waals surface area contributed by atoms with Gasteiger partial charge < -0.3 is 15.8 Å². The molecule has 140 valence electrons. The van der Waals surface area contributed by atoms with Crippen molar-refractivity contribution in [1.29, 1.82) is 0 Å². The third kappa shape index (κ3) is 6.23. The number of benzene rings is 2. The molecule has 0 aliphatic heterocycles. The van der Waals surface area contributed by atoms with E-state index in [9.17, 15) is 14.4 Å². The van der Waals surface area contributed by atoms with Gasteiger partial charge in [-0.25, -0.2) is 4.79 Å².